The number of aromatic nitrogens is 7. The van der Waals surface area contributed by atoms with Crippen LogP contribution in [0, 0.1) is 0 Å². The number of allylic oxidation sites excluding steroid dienone is 1. The van der Waals surface area contributed by atoms with E-state index in [0.717, 1.165) is 74.2 Å². The summed E-state index contributed by atoms with van der Waals surface area (Å²) in [5.74, 6) is 0. The molecule has 0 aliphatic carbocycles. The third-order valence-electron chi connectivity index (χ3n) is 6.16. The summed E-state index contributed by atoms with van der Waals surface area (Å²) in [5.41, 5.74) is 9.29. The molecule has 3 N–H and O–H groups in total. The van der Waals surface area contributed by atoms with Crippen LogP contribution < -0.4 is 5.32 Å². The molecular formula is C28H24N8. The summed E-state index contributed by atoms with van der Waals surface area (Å²) >= 11 is 0. The van der Waals surface area contributed by atoms with Gasteiger partial charge in [-0.25, -0.2) is 4.98 Å². The summed E-state index contributed by atoms with van der Waals surface area (Å²) < 4.78 is 0. The molecule has 0 amide bonds. The Kier molecular flexibility index (Phi) is 5.46. The number of fused-ring (bicyclic) bond motifs is 2. The molecule has 0 spiro atoms. The normalized spacial score (nSPS) is 11.2. The highest BCUT2D eigenvalue weighted by Gasteiger charge is 2.15. The molecule has 0 saturated heterocycles. The zero-order chi connectivity index (χ0) is 24.5. The molecule has 0 aromatic carbocycles. The van der Waals surface area contributed by atoms with Gasteiger partial charge in [-0.15, -0.1) is 0 Å². The van der Waals surface area contributed by atoms with Crippen molar-refractivity contribution in [2.45, 2.75) is 19.8 Å². The predicted octanol–water partition coefficient (Wildman–Crippen LogP) is 6.35. The molecule has 6 aromatic rings. The molecule has 0 bridgehead atoms. The number of nitrogens with one attached hydrogen (secondary N) is 3. The van der Waals surface area contributed by atoms with Crippen LogP contribution in [0.2, 0.25) is 0 Å². The molecule has 6 rings (SSSR count). The van der Waals surface area contributed by atoms with Gasteiger partial charge in [0.1, 0.15) is 0 Å². The van der Waals surface area contributed by atoms with Crippen LogP contribution in [0.25, 0.3) is 55.6 Å². The first kappa shape index (κ1) is 21.7. The SMILES string of the molecule is C=C(CCC)Nc1cncc(-c2cnc3n[nH]c(-c4cc5c(-c6ccncc6)cncc5[nH]4)c3c2)c1. The largest absolute Gasteiger partial charge is 0.358 e. The highest BCUT2D eigenvalue weighted by atomic mass is 15.2. The van der Waals surface area contributed by atoms with Gasteiger partial charge in [0.05, 0.1) is 35.0 Å². The molecule has 0 aliphatic heterocycles. The molecule has 0 atom stereocenters. The van der Waals surface area contributed by atoms with Gasteiger partial charge in [-0.3, -0.25) is 20.1 Å². The number of hydrogen-bond donors (Lipinski definition) is 3. The molecule has 0 fully saturated rings. The van der Waals surface area contributed by atoms with E-state index in [1.165, 1.54) is 0 Å². The fourth-order valence-corrected chi connectivity index (χ4v) is 4.44. The summed E-state index contributed by atoms with van der Waals surface area (Å²) in [4.78, 5) is 21.1. The van der Waals surface area contributed by atoms with E-state index in [9.17, 15) is 0 Å². The number of anilines is 1. The van der Waals surface area contributed by atoms with Crippen molar-refractivity contribution < 1.29 is 0 Å². The van der Waals surface area contributed by atoms with Crippen LogP contribution in [-0.4, -0.2) is 35.1 Å². The predicted molar refractivity (Wildman–Crippen MR) is 143 cm³/mol. The number of H-pyrrole nitrogens is 2. The van der Waals surface area contributed by atoms with E-state index >= 15 is 0 Å². The van der Waals surface area contributed by atoms with Crippen LogP contribution in [0.4, 0.5) is 5.69 Å². The van der Waals surface area contributed by atoms with Crippen molar-refractivity contribution in [1.29, 1.82) is 0 Å². The second-order valence-corrected chi connectivity index (χ2v) is 8.70. The Bertz CT molecular complexity index is 1700. The Hall–Kier alpha value is -4.85. The summed E-state index contributed by atoms with van der Waals surface area (Å²) in [6.07, 6.45) is 14.7. The van der Waals surface area contributed by atoms with E-state index in [1.807, 2.05) is 36.9 Å². The molecule has 6 aromatic heterocycles. The Morgan fingerprint density at radius 1 is 0.889 bits per heavy atom. The molecule has 0 saturated carbocycles. The van der Waals surface area contributed by atoms with Gasteiger partial charge in [-0.05, 0) is 42.3 Å². The minimum Gasteiger partial charge on any atom is -0.358 e. The van der Waals surface area contributed by atoms with Crippen LogP contribution >= 0.6 is 0 Å². The van der Waals surface area contributed by atoms with Crippen LogP contribution in [0.1, 0.15) is 19.8 Å². The second-order valence-electron chi connectivity index (χ2n) is 8.70. The Morgan fingerprint density at radius 2 is 1.72 bits per heavy atom. The van der Waals surface area contributed by atoms with Crippen molar-refractivity contribution in [2.24, 2.45) is 0 Å². The monoisotopic (exact) mass is 472 g/mol. The first-order valence-electron chi connectivity index (χ1n) is 11.8. The molecule has 176 valence electrons. The standard InChI is InChI=1S/C28H24N8/c1-3-4-17(2)33-21-9-19(12-30-14-21)20-10-23-27(35-36-28(23)32-13-20)25-11-22-24(15-31-16-26(22)34-25)18-5-7-29-8-6-18/h5-16,33-34H,2-4H2,1H3,(H,32,35,36). The maximum atomic E-state index is 4.60. The van der Waals surface area contributed by atoms with E-state index in [-0.39, 0.29) is 0 Å². The minimum absolute atomic E-state index is 0.651. The summed E-state index contributed by atoms with van der Waals surface area (Å²) in [5, 5.41) is 12.9. The first-order chi connectivity index (χ1) is 17.7. The van der Waals surface area contributed by atoms with Crippen molar-refractivity contribution in [2.75, 3.05) is 5.32 Å². The third kappa shape index (κ3) is 3.98. The smallest absolute Gasteiger partial charge is 0.181 e. The average molecular weight is 473 g/mol. The highest BCUT2D eigenvalue weighted by Crippen LogP contribution is 2.34. The molecule has 0 radical (unpaired) electrons. The molecule has 36 heavy (non-hydrogen) atoms. The molecule has 0 unspecified atom stereocenters. The fourth-order valence-electron chi connectivity index (χ4n) is 4.44. The zero-order valence-electron chi connectivity index (χ0n) is 19.8. The number of pyridine rings is 4. The van der Waals surface area contributed by atoms with E-state index in [2.05, 4.69) is 72.1 Å². The average Bonchev–Trinajstić information content (AvgIpc) is 3.53. The first-order valence-corrected chi connectivity index (χ1v) is 11.8. The van der Waals surface area contributed by atoms with Gasteiger partial charge in [0, 0.05) is 64.1 Å². The molecule has 8 heteroatoms. The Morgan fingerprint density at radius 3 is 2.58 bits per heavy atom. The number of nitrogens with zero attached hydrogens (tertiary/aromatic N) is 5. The lowest BCUT2D eigenvalue weighted by molar-refractivity contribution is 0.913. The lowest BCUT2D eigenvalue weighted by Crippen LogP contribution is -1.98. The van der Waals surface area contributed by atoms with Crippen LogP contribution in [-0.2, 0) is 0 Å². The molecule has 8 nitrogen and oxygen atoms in total. The lowest BCUT2D eigenvalue weighted by atomic mass is 10.0. The van der Waals surface area contributed by atoms with Crippen molar-refractivity contribution in [1.82, 2.24) is 35.1 Å². The van der Waals surface area contributed by atoms with E-state index in [0.29, 0.717) is 5.65 Å². The highest BCUT2D eigenvalue weighted by molar-refractivity contribution is 6.00. The minimum atomic E-state index is 0.651. The summed E-state index contributed by atoms with van der Waals surface area (Å²) in [7, 11) is 0. The molecular weight excluding hydrogens is 448 g/mol. The summed E-state index contributed by atoms with van der Waals surface area (Å²) in [6, 6.07) is 10.2. The lowest BCUT2D eigenvalue weighted by Gasteiger charge is -2.09. The van der Waals surface area contributed by atoms with Gasteiger partial charge in [0.15, 0.2) is 5.65 Å². The molecule has 0 aliphatic rings. The Labute approximate surface area is 207 Å². The Balaban J connectivity index is 1.40. The van der Waals surface area contributed by atoms with Gasteiger partial charge in [0.25, 0.3) is 0 Å². The van der Waals surface area contributed by atoms with Crippen molar-refractivity contribution in [3.05, 3.63) is 86.0 Å². The van der Waals surface area contributed by atoms with Crippen LogP contribution in [0.5, 0.6) is 0 Å². The van der Waals surface area contributed by atoms with Crippen molar-refractivity contribution >= 4 is 27.6 Å². The molecule has 6 heterocycles. The van der Waals surface area contributed by atoms with Crippen LogP contribution in [0.3, 0.4) is 0 Å². The maximum absolute atomic E-state index is 4.60. The number of aromatic amines is 2. The van der Waals surface area contributed by atoms with Crippen molar-refractivity contribution in [3.63, 3.8) is 0 Å². The fraction of sp³-hybridized carbons (Fsp3) is 0.107. The third-order valence-corrected chi connectivity index (χ3v) is 6.16. The number of rotatable bonds is 7. The maximum Gasteiger partial charge on any atom is 0.181 e. The van der Waals surface area contributed by atoms with Crippen LogP contribution in [0.15, 0.2) is 86.0 Å². The van der Waals surface area contributed by atoms with Gasteiger partial charge < -0.3 is 10.3 Å². The van der Waals surface area contributed by atoms with Gasteiger partial charge in [-0.1, -0.05) is 19.9 Å². The van der Waals surface area contributed by atoms with E-state index in [1.54, 1.807) is 18.6 Å². The number of hydrogen-bond acceptors (Lipinski definition) is 6. The summed E-state index contributed by atoms with van der Waals surface area (Å²) in [6.45, 7) is 6.22. The quantitative estimate of drug-likeness (QED) is 0.250. The zero-order valence-corrected chi connectivity index (χ0v) is 19.8. The van der Waals surface area contributed by atoms with E-state index in [4.69, 9.17) is 0 Å². The van der Waals surface area contributed by atoms with Gasteiger partial charge in [0.2, 0.25) is 0 Å². The van der Waals surface area contributed by atoms with Gasteiger partial charge in [-0.2, -0.15) is 5.10 Å². The van der Waals surface area contributed by atoms with Crippen molar-refractivity contribution in [3.8, 4) is 33.6 Å². The van der Waals surface area contributed by atoms with E-state index < -0.39 is 0 Å². The second kappa shape index (κ2) is 9.07. The van der Waals surface area contributed by atoms with Gasteiger partial charge >= 0.3 is 0 Å². The topological polar surface area (TPSA) is 108 Å².